The Labute approximate surface area is 115 Å². The third-order valence-electron chi connectivity index (χ3n) is 4.64. The van der Waals surface area contributed by atoms with E-state index in [1.54, 1.807) is 0 Å². The predicted octanol–water partition coefficient (Wildman–Crippen LogP) is 4.23. The Hall–Kier alpha value is -1.28. The van der Waals surface area contributed by atoms with E-state index in [2.05, 4.69) is 41.5 Å². The van der Waals surface area contributed by atoms with E-state index in [-0.39, 0.29) is 0 Å². The standard InChI is InChI=1S/C17H24N2/c1-2-13-3-6-16(7-4-13)19-12-14-5-8-17-15(11-14)9-10-18-17/h5,8-11,13,16,18-19H,2-4,6-7,12H2,1H3. The van der Waals surface area contributed by atoms with Crippen LogP contribution in [0.4, 0.5) is 0 Å². The second-order valence-electron chi connectivity index (χ2n) is 5.91. The van der Waals surface area contributed by atoms with Crippen LogP contribution in [0, 0.1) is 5.92 Å². The molecule has 0 bridgehead atoms. The van der Waals surface area contributed by atoms with Crippen LogP contribution in [-0.4, -0.2) is 11.0 Å². The van der Waals surface area contributed by atoms with Gasteiger partial charge in [0, 0.05) is 24.3 Å². The molecule has 1 aliphatic carbocycles. The quantitative estimate of drug-likeness (QED) is 0.842. The van der Waals surface area contributed by atoms with Gasteiger partial charge < -0.3 is 10.3 Å². The minimum atomic E-state index is 0.727. The van der Waals surface area contributed by atoms with Gasteiger partial charge in [0.25, 0.3) is 0 Å². The van der Waals surface area contributed by atoms with E-state index >= 15 is 0 Å². The Balaban J connectivity index is 1.54. The molecule has 2 aromatic rings. The summed E-state index contributed by atoms with van der Waals surface area (Å²) >= 11 is 0. The van der Waals surface area contributed by atoms with Crippen LogP contribution in [0.3, 0.4) is 0 Å². The summed E-state index contributed by atoms with van der Waals surface area (Å²) in [6, 6.07) is 9.57. The third kappa shape index (κ3) is 3.01. The fraction of sp³-hybridized carbons (Fsp3) is 0.529. The van der Waals surface area contributed by atoms with Crippen LogP contribution in [0.2, 0.25) is 0 Å². The van der Waals surface area contributed by atoms with E-state index < -0.39 is 0 Å². The number of hydrogen-bond acceptors (Lipinski definition) is 1. The molecule has 2 heteroatoms. The Morgan fingerprint density at radius 1 is 1.16 bits per heavy atom. The van der Waals surface area contributed by atoms with Gasteiger partial charge in [-0.25, -0.2) is 0 Å². The highest BCUT2D eigenvalue weighted by molar-refractivity contribution is 5.79. The molecule has 1 aromatic heterocycles. The average molecular weight is 256 g/mol. The summed E-state index contributed by atoms with van der Waals surface area (Å²) in [6.45, 7) is 3.33. The molecule has 2 nitrogen and oxygen atoms in total. The third-order valence-corrected chi connectivity index (χ3v) is 4.64. The number of hydrogen-bond donors (Lipinski definition) is 2. The molecule has 0 spiro atoms. The molecule has 0 atom stereocenters. The van der Waals surface area contributed by atoms with Gasteiger partial charge in [-0.15, -0.1) is 0 Å². The molecule has 3 rings (SSSR count). The van der Waals surface area contributed by atoms with E-state index in [9.17, 15) is 0 Å². The van der Waals surface area contributed by atoms with Gasteiger partial charge in [0.1, 0.15) is 0 Å². The first kappa shape index (κ1) is 12.7. The van der Waals surface area contributed by atoms with Gasteiger partial charge in [-0.05, 0) is 60.7 Å². The first-order chi connectivity index (χ1) is 9.35. The highest BCUT2D eigenvalue weighted by atomic mass is 14.9. The SMILES string of the molecule is CCC1CCC(NCc2ccc3[nH]ccc3c2)CC1. The van der Waals surface area contributed by atoms with Crippen molar-refractivity contribution in [2.45, 2.75) is 51.6 Å². The van der Waals surface area contributed by atoms with Crippen molar-refractivity contribution < 1.29 is 0 Å². The molecular weight excluding hydrogens is 232 g/mol. The lowest BCUT2D eigenvalue weighted by Gasteiger charge is -2.28. The number of nitrogens with one attached hydrogen (secondary N) is 2. The fourth-order valence-corrected chi connectivity index (χ4v) is 3.25. The Morgan fingerprint density at radius 2 is 2.00 bits per heavy atom. The molecule has 1 heterocycles. The molecule has 1 fully saturated rings. The minimum absolute atomic E-state index is 0.727. The number of H-pyrrole nitrogens is 1. The lowest BCUT2D eigenvalue weighted by Crippen LogP contribution is -2.32. The average Bonchev–Trinajstić information content (AvgIpc) is 2.93. The van der Waals surface area contributed by atoms with Gasteiger partial charge in [-0.2, -0.15) is 0 Å². The summed E-state index contributed by atoms with van der Waals surface area (Å²) in [7, 11) is 0. The van der Waals surface area contributed by atoms with Crippen LogP contribution >= 0.6 is 0 Å². The van der Waals surface area contributed by atoms with Crippen molar-refractivity contribution in [2.75, 3.05) is 0 Å². The summed E-state index contributed by atoms with van der Waals surface area (Å²) in [5.74, 6) is 0.981. The van der Waals surface area contributed by atoms with E-state index in [4.69, 9.17) is 0 Å². The molecular formula is C17H24N2. The molecule has 1 aromatic carbocycles. The van der Waals surface area contributed by atoms with Crippen LogP contribution in [0.15, 0.2) is 30.5 Å². The Bertz CT molecular complexity index is 521. The maximum atomic E-state index is 3.73. The molecule has 1 saturated carbocycles. The first-order valence-electron chi connectivity index (χ1n) is 7.64. The fourth-order valence-electron chi connectivity index (χ4n) is 3.25. The summed E-state index contributed by atoms with van der Waals surface area (Å²) in [5, 5.41) is 5.04. The second kappa shape index (κ2) is 5.79. The van der Waals surface area contributed by atoms with Crippen molar-refractivity contribution in [2.24, 2.45) is 5.92 Å². The van der Waals surface area contributed by atoms with Crippen LogP contribution in [0.25, 0.3) is 10.9 Å². The van der Waals surface area contributed by atoms with Gasteiger partial charge in [-0.3, -0.25) is 0 Å². The van der Waals surface area contributed by atoms with Crippen LogP contribution < -0.4 is 5.32 Å². The van der Waals surface area contributed by atoms with Gasteiger partial charge >= 0.3 is 0 Å². The smallest absolute Gasteiger partial charge is 0.0454 e. The number of rotatable bonds is 4. The Kier molecular flexibility index (Phi) is 3.88. The van der Waals surface area contributed by atoms with Crippen molar-refractivity contribution in [1.29, 1.82) is 0 Å². The molecule has 0 aliphatic heterocycles. The van der Waals surface area contributed by atoms with Crippen LogP contribution in [-0.2, 0) is 6.54 Å². The van der Waals surface area contributed by atoms with Crippen molar-refractivity contribution in [1.82, 2.24) is 10.3 Å². The predicted molar refractivity (Wildman–Crippen MR) is 81.2 cm³/mol. The van der Waals surface area contributed by atoms with Crippen molar-refractivity contribution in [3.63, 3.8) is 0 Å². The molecule has 0 amide bonds. The zero-order chi connectivity index (χ0) is 13.1. The number of aromatic nitrogens is 1. The number of aromatic amines is 1. The Morgan fingerprint density at radius 3 is 2.79 bits per heavy atom. The van der Waals surface area contributed by atoms with Gasteiger partial charge in [-0.1, -0.05) is 19.4 Å². The summed E-state index contributed by atoms with van der Waals surface area (Å²) in [5.41, 5.74) is 2.62. The summed E-state index contributed by atoms with van der Waals surface area (Å²) in [4.78, 5) is 3.24. The molecule has 102 valence electrons. The van der Waals surface area contributed by atoms with E-state index in [0.29, 0.717) is 0 Å². The monoisotopic (exact) mass is 256 g/mol. The van der Waals surface area contributed by atoms with Crippen LogP contribution in [0.5, 0.6) is 0 Å². The number of fused-ring (bicyclic) bond motifs is 1. The van der Waals surface area contributed by atoms with E-state index in [0.717, 1.165) is 18.5 Å². The zero-order valence-electron chi connectivity index (χ0n) is 11.8. The van der Waals surface area contributed by atoms with E-state index in [1.165, 1.54) is 48.6 Å². The minimum Gasteiger partial charge on any atom is -0.361 e. The highest BCUT2D eigenvalue weighted by Gasteiger charge is 2.19. The largest absolute Gasteiger partial charge is 0.361 e. The first-order valence-corrected chi connectivity index (χ1v) is 7.64. The lowest BCUT2D eigenvalue weighted by atomic mass is 9.84. The van der Waals surface area contributed by atoms with Crippen molar-refractivity contribution >= 4 is 10.9 Å². The number of benzene rings is 1. The lowest BCUT2D eigenvalue weighted by molar-refractivity contribution is 0.285. The molecule has 0 unspecified atom stereocenters. The van der Waals surface area contributed by atoms with Crippen LogP contribution in [0.1, 0.15) is 44.6 Å². The van der Waals surface area contributed by atoms with Crippen molar-refractivity contribution in [3.05, 3.63) is 36.0 Å². The zero-order valence-corrected chi connectivity index (χ0v) is 11.8. The summed E-state index contributed by atoms with van der Waals surface area (Å²) in [6.07, 6.45) is 8.89. The molecule has 2 N–H and O–H groups in total. The second-order valence-corrected chi connectivity index (χ2v) is 5.91. The van der Waals surface area contributed by atoms with Crippen molar-refractivity contribution in [3.8, 4) is 0 Å². The molecule has 0 radical (unpaired) electrons. The topological polar surface area (TPSA) is 27.8 Å². The normalized spacial score (nSPS) is 23.8. The maximum Gasteiger partial charge on any atom is 0.0454 e. The molecule has 19 heavy (non-hydrogen) atoms. The van der Waals surface area contributed by atoms with Gasteiger partial charge in [0.15, 0.2) is 0 Å². The highest BCUT2D eigenvalue weighted by Crippen LogP contribution is 2.26. The summed E-state index contributed by atoms with van der Waals surface area (Å²) < 4.78 is 0. The maximum absolute atomic E-state index is 3.73. The molecule has 1 aliphatic rings. The van der Waals surface area contributed by atoms with E-state index in [1.807, 2.05) is 6.20 Å². The van der Waals surface area contributed by atoms with Gasteiger partial charge in [0.05, 0.1) is 0 Å². The molecule has 0 saturated heterocycles. The van der Waals surface area contributed by atoms with Gasteiger partial charge in [0.2, 0.25) is 0 Å².